The Kier molecular flexibility index (Phi) is 3.79. The molecule has 0 aliphatic carbocycles. The molecule has 3 heterocycles. The lowest BCUT2D eigenvalue weighted by Crippen LogP contribution is -2.31. The number of anilines is 1. The topological polar surface area (TPSA) is 84.2 Å². The highest BCUT2D eigenvalue weighted by Gasteiger charge is 2.34. The molecule has 7 heteroatoms. The summed E-state index contributed by atoms with van der Waals surface area (Å²) in [5.74, 6) is 1.22. The van der Waals surface area contributed by atoms with Crippen molar-refractivity contribution in [2.24, 2.45) is 0 Å². The standard InChI is InChI=1S/C15H19N5O2/c1-9-14(10(2)22-19-9)15(21)20-6-4-5-12(20)11-7-17-8-13(16-3)18-11/h7-8,12H,4-6H2,1-3H3,(H,16,18)/t12-/m0/s1. The van der Waals surface area contributed by atoms with Crippen LogP contribution < -0.4 is 5.32 Å². The van der Waals surface area contributed by atoms with Crippen LogP contribution in [-0.4, -0.2) is 39.5 Å². The highest BCUT2D eigenvalue weighted by Crippen LogP contribution is 2.33. The van der Waals surface area contributed by atoms with Crippen LogP contribution in [0.4, 0.5) is 5.82 Å². The maximum absolute atomic E-state index is 12.9. The van der Waals surface area contributed by atoms with Crippen molar-refractivity contribution in [1.29, 1.82) is 0 Å². The molecular weight excluding hydrogens is 282 g/mol. The molecule has 1 fully saturated rings. The summed E-state index contributed by atoms with van der Waals surface area (Å²) in [6.07, 6.45) is 5.23. The number of hydrogen-bond donors (Lipinski definition) is 1. The number of carbonyl (C=O) groups excluding carboxylic acids is 1. The Hall–Kier alpha value is -2.44. The van der Waals surface area contributed by atoms with Crippen molar-refractivity contribution in [3.63, 3.8) is 0 Å². The van der Waals surface area contributed by atoms with Crippen LogP contribution in [0.15, 0.2) is 16.9 Å². The Morgan fingerprint density at radius 2 is 2.23 bits per heavy atom. The molecule has 0 aromatic carbocycles. The van der Waals surface area contributed by atoms with Crippen LogP contribution in [0.5, 0.6) is 0 Å². The van der Waals surface area contributed by atoms with Crippen LogP contribution in [0, 0.1) is 13.8 Å². The van der Waals surface area contributed by atoms with Crippen molar-refractivity contribution in [3.8, 4) is 0 Å². The van der Waals surface area contributed by atoms with E-state index in [4.69, 9.17) is 4.52 Å². The summed E-state index contributed by atoms with van der Waals surface area (Å²) in [5, 5.41) is 6.85. The first-order valence-corrected chi connectivity index (χ1v) is 7.35. The van der Waals surface area contributed by atoms with Gasteiger partial charge in [0, 0.05) is 13.6 Å². The Balaban J connectivity index is 1.91. The highest BCUT2D eigenvalue weighted by molar-refractivity contribution is 5.96. The number of nitrogens with one attached hydrogen (secondary N) is 1. The summed E-state index contributed by atoms with van der Waals surface area (Å²) < 4.78 is 5.12. The summed E-state index contributed by atoms with van der Waals surface area (Å²) in [6, 6.07) is -0.0537. The second kappa shape index (κ2) is 5.75. The molecule has 1 saturated heterocycles. The number of carbonyl (C=O) groups is 1. The molecule has 1 aliphatic heterocycles. The van der Waals surface area contributed by atoms with Crippen molar-refractivity contribution >= 4 is 11.7 Å². The zero-order valence-corrected chi connectivity index (χ0v) is 13.0. The van der Waals surface area contributed by atoms with Crippen LogP contribution >= 0.6 is 0 Å². The predicted molar refractivity (Wildman–Crippen MR) is 80.6 cm³/mol. The van der Waals surface area contributed by atoms with Gasteiger partial charge in [-0.2, -0.15) is 0 Å². The van der Waals surface area contributed by atoms with E-state index in [1.807, 2.05) is 4.90 Å². The zero-order chi connectivity index (χ0) is 15.7. The Bertz CT molecular complexity index is 677. The molecule has 3 rings (SSSR count). The van der Waals surface area contributed by atoms with Crippen molar-refractivity contribution in [2.45, 2.75) is 32.7 Å². The Labute approximate surface area is 128 Å². The average Bonchev–Trinajstić information content (AvgIpc) is 3.14. The first-order valence-electron chi connectivity index (χ1n) is 7.35. The smallest absolute Gasteiger partial charge is 0.259 e. The summed E-state index contributed by atoms with van der Waals surface area (Å²) >= 11 is 0. The number of amides is 1. The van der Waals surface area contributed by atoms with Gasteiger partial charge in [-0.1, -0.05) is 5.16 Å². The lowest BCUT2D eigenvalue weighted by molar-refractivity contribution is 0.0730. The monoisotopic (exact) mass is 301 g/mol. The summed E-state index contributed by atoms with van der Waals surface area (Å²) in [5.41, 5.74) is 2.00. The molecule has 1 N–H and O–H groups in total. The van der Waals surface area contributed by atoms with Gasteiger partial charge in [-0.3, -0.25) is 9.78 Å². The van der Waals surface area contributed by atoms with Gasteiger partial charge >= 0.3 is 0 Å². The third kappa shape index (κ3) is 2.43. The number of aryl methyl sites for hydroxylation is 2. The quantitative estimate of drug-likeness (QED) is 0.934. The fraction of sp³-hybridized carbons (Fsp3) is 0.467. The fourth-order valence-corrected chi connectivity index (χ4v) is 2.91. The van der Waals surface area contributed by atoms with Crippen LogP contribution in [0.3, 0.4) is 0 Å². The molecular formula is C15H19N5O2. The highest BCUT2D eigenvalue weighted by atomic mass is 16.5. The zero-order valence-electron chi connectivity index (χ0n) is 13.0. The normalized spacial score (nSPS) is 17.8. The fourth-order valence-electron chi connectivity index (χ4n) is 2.91. The van der Waals surface area contributed by atoms with Crippen molar-refractivity contribution < 1.29 is 9.32 Å². The second-order valence-corrected chi connectivity index (χ2v) is 5.43. The molecule has 0 spiro atoms. The maximum atomic E-state index is 12.9. The minimum absolute atomic E-state index is 0.0459. The van der Waals surface area contributed by atoms with E-state index in [1.54, 1.807) is 33.3 Å². The minimum atomic E-state index is -0.0537. The van der Waals surface area contributed by atoms with Crippen molar-refractivity contribution in [1.82, 2.24) is 20.0 Å². The van der Waals surface area contributed by atoms with Crippen LogP contribution in [-0.2, 0) is 0 Å². The first-order chi connectivity index (χ1) is 10.6. The van der Waals surface area contributed by atoms with E-state index in [1.165, 1.54) is 0 Å². The van der Waals surface area contributed by atoms with Crippen LogP contribution in [0.1, 0.15) is 46.4 Å². The molecule has 1 atom stereocenters. The van der Waals surface area contributed by atoms with Gasteiger partial charge < -0.3 is 14.7 Å². The Morgan fingerprint density at radius 1 is 1.41 bits per heavy atom. The number of nitrogens with zero attached hydrogens (tertiary/aromatic N) is 4. The third-order valence-electron chi connectivity index (χ3n) is 4.01. The molecule has 22 heavy (non-hydrogen) atoms. The van der Waals surface area contributed by atoms with Crippen LogP contribution in [0.25, 0.3) is 0 Å². The lowest BCUT2D eigenvalue weighted by Gasteiger charge is -2.24. The Morgan fingerprint density at radius 3 is 2.91 bits per heavy atom. The van der Waals surface area contributed by atoms with Crippen molar-refractivity contribution in [2.75, 3.05) is 18.9 Å². The van der Waals surface area contributed by atoms with Gasteiger partial charge in [0.1, 0.15) is 17.1 Å². The second-order valence-electron chi connectivity index (χ2n) is 5.43. The van der Waals surface area contributed by atoms with E-state index < -0.39 is 0 Å². The van der Waals surface area contributed by atoms with Gasteiger partial charge in [0.05, 0.1) is 29.8 Å². The minimum Gasteiger partial charge on any atom is -0.372 e. The number of likely N-dealkylation sites (tertiary alicyclic amines) is 1. The van der Waals surface area contributed by atoms with Gasteiger partial charge in [0.2, 0.25) is 0 Å². The van der Waals surface area contributed by atoms with E-state index in [0.717, 1.165) is 18.5 Å². The summed E-state index contributed by atoms with van der Waals surface area (Å²) in [7, 11) is 1.80. The molecule has 2 aromatic heterocycles. The summed E-state index contributed by atoms with van der Waals surface area (Å²) in [4.78, 5) is 23.4. The molecule has 0 saturated carbocycles. The van der Waals surface area contributed by atoms with E-state index in [0.29, 0.717) is 29.4 Å². The number of aromatic nitrogens is 3. The molecule has 2 aromatic rings. The van der Waals surface area contributed by atoms with E-state index in [-0.39, 0.29) is 11.9 Å². The summed E-state index contributed by atoms with van der Waals surface area (Å²) in [6.45, 7) is 4.26. The molecule has 0 radical (unpaired) electrons. The van der Waals surface area contributed by atoms with E-state index >= 15 is 0 Å². The molecule has 116 valence electrons. The van der Waals surface area contributed by atoms with E-state index in [2.05, 4.69) is 20.4 Å². The van der Waals surface area contributed by atoms with Gasteiger partial charge in [-0.25, -0.2) is 4.98 Å². The molecule has 0 unspecified atom stereocenters. The van der Waals surface area contributed by atoms with E-state index in [9.17, 15) is 4.79 Å². The maximum Gasteiger partial charge on any atom is 0.259 e. The number of hydrogen-bond acceptors (Lipinski definition) is 6. The number of rotatable bonds is 3. The molecule has 7 nitrogen and oxygen atoms in total. The van der Waals surface area contributed by atoms with Gasteiger partial charge in [0.15, 0.2) is 0 Å². The lowest BCUT2D eigenvalue weighted by atomic mass is 10.1. The van der Waals surface area contributed by atoms with Gasteiger partial charge in [-0.05, 0) is 26.7 Å². The SMILES string of the molecule is CNc1cncc([C@@H]2CCCN2C(=O)c2c(C)noc2C)n1. The van der Waals surface area contributed by atoms with Gasteiger partial charge in [-0.15, -0.1) is 0 Å². The third-order valence-corrected chi connectivity index (χ3v) is 4.01. The molecule has 1 aliphatic rings. The first kappa shape index (κ1) is 14.5. The van der Waals surface area contributed by atoms with Crippen molar-refractivity contribution in [3.05, 3.63) is 35.1 Å². The van der Waals surface area contributed by atoms with Crippen LogP contribution in [0.2, 0.25) is 0 Å². The molecule has 0 bridgehead atoms. The largest absolute Gasteiger partial charge is 0.372 e. The predicted octanol–water partition coefficient (Wildman–Crippen LogP) is 2.10. The van der Waals surface area contributed by atoms with Gasteiger partial charge in [0.25, 0.3) is 5.91 Å². The molecule has 1 amide bonds. The average molecular weight is 301 g/mol.